The summed E-state index contributed by atoms with van der Waals surface area (Å²) in [4.78, 5) is 21.7. The largest absolute Gasteiger partial charge is 0.311 e. The minimum Gasteiger partial charge on any atom is -0.311 e. The van der Waals surface area contributed by atoms with Gasteiger partial charge in [-0.05, 0) is 121 Å². The summed E-state index contributed by atoms with van der Waals surface area (Å²) in [5, 5.41) is 0. The number of anilines is 2. The highest BCUT2D eigenvalue weighted by Crippen LogP contribution is 2.32. The Bertz CT molecular complexity index is 2410. The van der Waals surface area contributed by atoms with E-state index in [1.807, 2.05) is 75.3 Å². The normalized spacial score (nSPS) is 19.2. The van der Waals surface area contributed by atoms with E-state index in [-0.39, 0.29) is 0 Å². The van der Waals surface area contributed by atoms with Gasteiger partial charge in [0.05, 0.1) is 18.8 Å². The van der Waals surface area contributed by atoms with Crippen LogP contribution in [-0.4, -0.2) is 40.4 Å². The average molecular weight is 801 g/mol. The van der Waals surface area contributed by atoms with Gasteiger partial charge in [-0.1, -0.05) is 111 Å². The van der Waals surface area contributed by atoms with Gasteiger partial charge in [0, 0.05) is 78.5 Å². The number of nitrogens with zero attached hydrogens (tertiary/aromatic N) is 6. The molecule has 0 bridgehead atoms. The lowest BCUT2D eigenvalue weighted by atomic mass is 9.97. The molecule has 0 saturated heterocycles. The first-order valence-corrected chi connectivity index (χ1v) is 21.3. The molecular weight excluding hydrogens is 745 g/mol. The standard InChI is InChI=1S/C36H35N3.C17H15N3.C2H6/c1-28-14-16-31(17-15-28)26-30-9-5-11-33(19-18-30)32-10-3-4-12-35(21-20-32)39-29(2)8-6-23-37-25-22-34-27-38-24-7-13-36(34)39;1-2-4-6-15(5-3-1)20(16-7-11-18-12-8-16)17-9-13-19-14-10-17;1-2/h4-8,11-21,25,27H,2-3,10,22-24,26H2,1H3;1-3,5-14H,4H2;1-2H3/b8-6?,12-4-,32-20+,35-21+,37-25?;;. The number of allylic oxidation sites excluding steroid dienone is 18. The summed E-state index contributed by atoms with van der Waals surface area (Å²) < 4.78 is 0. The van der Waals surface area contributed by atoms with Crippen LogP contribution in [0, 0.1) is 6.92 Å². The molecule has 0 amide bonds. The van der Waals surface area contributed by atoms with E-state index in [1.54, 1.807) is 0 Å². The molecule has 0 saturated carbocycles. The monoisotopic (exact) mass is 800 g/mol. The predicted octanol–water partition coefficient (Wildman–Crippen LogP) is 13.1. The topological polar surface area (TPSA) is 57.0 Å². The van der Waals surface area contributed by atoms with Crippen molar-refractivity contribution >= 4 is 23.8 Å². The molecule has 0 N–H and O–H groups in total. The van der Waals surface area contributed by atoms with E-state index in [1.165, 1.54) is 27.8 Å². The Morgan fingerprint density at radius 3 is 2.25 bits per heavy atom. The fourth-order valence-corrected chi connectivity index (χ4v) is 7.07. The number of aromatic nitrogens is 2. The average Bonchev–Trinajstić information content (AvgIpc) is 3.80. The van der Waals surface area contributed by atoms with Crippen LogP contribution in [0.2, 0.25) is 0 Å². The molecule has 61 heavy (non-hydrogen) atoms. The second-order valence-corrected chi connectivity index (χ2v) is 14.4. The first-order valence-electron chi connectivity index (χ1n) is 21.3. The quantitative estimate of drug-likeness (QED) is 0.223. The molecule has 2 aliphatic heterocycles. The maximum atomic E-state index is 4.56. The maximum absolute atomic E-state index is 4.56. The van der Waals surface area contributed by atoms with E-state index in [4.69, 9.17) is 0 Å². The smallest absolute Gasteiger partial charge is 0.0574 e. The summed E-state index contributed by atoms with van der Waals surface area (Å²) in [6.07, 6.45) is 52.3. The third-order valence-electron chi connectivity index (χ3n) is 10.1. The van der Waals surface area contributed by atoms with Gasteiger partial charge < -0.3 is 9.80 Å². The fraction of sp³-hybridized carbons (Fsp3) is 0.182. The predicted molar refractivity (Wildman–Crippen MR) is 259 cm³/mol. The molecule has 0 spiro atoms. The van der Waals surface area contributed by atoms with Gasteiger partial charge in [0.15, 0.2) is 0 Å². The third-order valence-corrected chi connectivity index (χ3v) is 10.1. The zero-order valence-electron chi connectivity index (χ0n) is 35.7. The van der Waals surface area contributed by atoms with Gasteiger partial charge in [-0.3, -0.25) is 20.0 Å². The molecule has 306 valence electrons. The van der Waals surface area contributed by atoms with Crippen LogP contribution in [0.4, 0.5) is 11.4 Å². The molecule has 0 atom stereocenters. The summed E-state index contributed by atoms with van der Waals surface area (Å²) in [7, 11) is 0. The first kappa shape index (κ1) is 43.4. The summed E-state index contributed by atoms with van der Waals surface area (Å²) in [5.74, 6) is 0. The van der Waals surface area contributed by atoms with Gasteiger partial charge in [-0.2, -0.15) is 0 Å². The first-order chi connectivity index (χ1) is 30.1. The van der Waals surface area contributed by atoms with Crippen molar-refractivity contribution in [3.63, 3.8) is 0 Å². The van der Waals surface area contributed by atoms with Crippen molar-refractivity contribution in [1.29, 1.82) is 0 Å². The molecule has 0 unspecified atom stereocenters. The summed E-state index contributed by atoms with van der Waals surface area (Å²) in [5.41, 5.74) is 17.3. The molecule has 6 nitrogen and oxygen atoms in total. The van der Waals surface area contributed by atoms with Crippen molar-refractivity contribution < 1.29 is 0 Å². The number of hydrogen-bond donors (Lipinski definition) is 0. The van der Waals surface area contributed by atoms with Crippen LogP contribution < -0.4 is 4.90 Å². The number of benzene rings is 1. The zero-order chi connectivity index (χ0) is 42.5. The van der Waals surface area contributed by atoms with Crippen LogP contribution in [0.25, 0.3) is 0 Å². The van der Waals surface area contributed by atoms with Gasteiger partial charge in [-0.15, -0.1) is 5.73 Å². The van der Waals surface area contributed by atoms with E-state index in [0.29, 0.717) is 13.1 Å². The van der Waals surface area contributed by atoms with Gasteiger partial charge in [-0.25, -0.2) is 0 Å². The Hall–Kier alpha value is -7.14. The highest BCUT2D eigenvalue weighted by molar-refractivity contribution is 5.86. The lowest BCUT2D eigenvalue weighted by Crippen LogP contribution is -2.21. The van der Waals surface area contributed by atoms with E-state index in [9.17, 15) is 0 Å². The summed E-state index contributed by atoms with van der Waals surface area (Å²) >= 11 is 0. The zero-order valence-corrected chi connectivity index (χ0v) is 35.7. The third kappa shape index (κ3) is 12.7. The van der Waals surface area contributed by atoms with Crippen molar-refractivity contribution in [3.05, 3.63) is 245 Å². The molecule has 2 aromatic heterocycles. The Kier molecular flexibility index (Phi) is 16.7. The van der Waals surface area contributed by atoms with Crippen LogP contribution in [0.15, 0.2) is 244 Å². The van der Waals surface area contributed by atoms with Gasteiger partial charge in [0.2, 0.25) is 0 Å². The molecule has 0 radical (unpaired) electrons. The number of aryl methyl sites for hydroxylation is 1. The Balaban J connectivity index is 0.000000236. The van der Waals surface area contributed by atoms with Crippen LogP contribution >= 0.6 is 0 Å². The molecule has 6 heteroatoms. The number of pyridine rings is 2. The maximum Gasteiger partial charge on any atom is 0.0574 e. The van der Waals surface area contributed by atoms with Crippen molar-refractivity contribution in [1.82, 2.24) is 14.9 Å². The molecule has 3 aliphatic carbocycles. The van der Waals surface area contributed by atoms with E-state index < -0.39 is 0 Å². The number of hydrogen-bond acceptors (Lipinski definition) is 6. The number of rotatable bonds is 7. The molecule has 3 aromatic rings. The van der Waals surface area contributed by atoms with Crippen LogP contribution in [0.3, 0.4) is 0 Å². The lowest BCUT2D eigenvalue weighted by Gasteiger charge is -2.29. The van der Waals surface area contributed by atoms with E-state index in [0.717, 1.165) is 71.8 Å². The second-order valence-electron chi connectivity index (χ2n) is 14.4. The highest BCUT2D eigenvalue weighted by Gasteiger charge is 2.19. The van der Waals surface area contributed by atoms with Crippen molar-refractivity contribution in [2.75, 3.05) is 18.0 Å². The van der Waals surface area contributed by atoms with Gasteiger partial charge >= 0.3 is 0 Å². The van der Waals surface area contributed by atoms with Crippen molar-refractivity contribution in [3.8, 4) is 0 Å². The van der Waals surface area contributed by atoms with Crippen LogP contribution in [0.1, 0.15) is 50.7 Å². The van der Waals surface area contributed by atoms with Gasteiger partial charge in [0.25, 0.3) is 0 Å². The van der Waals surface area contributed by atoms with E-state index >= 15 is 0 Å². The van der Waals surface area contributed by atoms with Gasteiger partial charge in [0.1, 0.15) is 0 Å². The molecule has 5 aliphatic rings. The molecule has 8 rings (SSSR count). The Labute approximate surface area is 363 Å². The molecule has 1 aromatic carbocycles. The van der Waals surface area contributed by atoms with Crippen molar-refractivity contribution in [2.45, 2.75) is 52.9 Å². The van der Waals surface area contributed by atoms with Crippen molar-refractivity contribution in [2.24, 2.45) is 9.98 Å². The lowest BCUT2D eigenvalue weighted by molar-refractivity contribution is 0.574. The van der Waals surface area contributed by atoms with E-state index in [2.05, 4.69) is 177 Å². The highest BCUT2D eigenvalue weighted by atomic mass is 15.2. The minimum absolute atomic E-state index is 0.648. The van der Waals surface area contributed by atoms with Crippen LogP contribution in [0.5, 0.6) is 0 Å². The second kappa shape index (κ2) is 23.5. The summed E-state index contributed by atoms with van der Waals surface area (Å²) in [6, 6.07) is 16.8. The Morgan fingerprint density at radius 2 is 1.48 bits per heavy atom. The minimum atomic E-state index is 0.648. The number of aliphatic imine (C=N–C) groups is 2. The molecule has 4 heterocycles. The fourth-order valence-electron chi connectivity index (χ4n) is 7.07. The SMILES string of the molecule is C1=CCC=C(N(c2ccncc2)c2ccncc2)C=C1.C=C1C=CCN=CCC2=C(C=CCN=C2)N1C1=C/C=C(/C2=CC=C=C(Cc3ccc(C)cc3)C=C2)CC/C=C\1.CC. The Morgan fingerprint density at radius 1 is 0.738 bits per heavy atom. The summed E-state index contributed by atoms with van der Waals surface area (Å²) in [6.45, 7) is 11.9. The van der Waals surface area contributed by atoms with Crippen LogP contribution in [-0.2, 0) is 6.42 Å². The molecular formula is C55H56N6. The molecule has 0 fully saturated rings.